The molecule has 0 saturated heterocycles. The molecule has 0 saturated carbocycles. The Morgan fingerprint density at radius 3 is 1.75 bits per heavy atom. The van der Waals surface area contributed by atoms with Crippen molar-refractivity contribution in [3.63, 3.8) is 0 Å². The minimum atomic E-state index is 0.424. The zero-order chi connectivity index (χ0) is 9.72. The first-order valence-electron chi connectivity index (χ1n) is 5.01. The van der Waals surface area contributed by atoms with Gasteiger partial charge in [0.05, 0.1) is 6.10 Å². The zero-order valence-electron chi connectivity index (χ0n) is 9.42. The van der Waals surface area contributed by atoms with Crippen molar-refractivity contribution in [2.45, 2.75) is 47.1 Å². The smallest absolute Gasteiger partial charge is 0.0619 e. The van der Waals surface area contributed by atoms with Crippen LogP contribution in [0.25, 0.3) is 0 Å². The Kier molecular flexibility index (Phi) is 5.56. The van der Waals surface area contributed by atoms with Crippen LogP contribution in [-0.2, 0) is 4.74 Å². The Hall–Kier alpha value is -0.0400. The first kappa shape index (κ1) is 12.0. The van der Waals surface area contributed by atoms with Gasteiger partial charge in [0.15, 0.2) is 0 Å². The first-order chi connectivity index (χ1) is 5.49. The van der Waals surface area contributed by atoms with Crippen molar-refractivity contribution in [3.05, 3.63) is 0 Å². The maximum absolute atomic E-state index is 5.47. The lowest BCUT2D eigenvalue weighted by atomic mass is 9.88. The van der Waals surface area contributed by atoms with Crippen LogP contribution in [0, 0.1) is 17.8 Å². The van der Waals surface area contributed by atoms with E-state index in [0.717, 1.165) is 5.92 Å². The summed E-state index contributed by atoms with van der Waals surface area (Å²) in [4.78, 5) is 0. The minimum absolute atomic E-state index is 0.424. The minimum Gasteiger partial charge on any atom is -0.381 e. The number of hydrogen-bond acceptors (Lipinski definition) is 1. The number of methoxy groups -OCH3 is 1. The van der Waals surface area contributed by atoms with Crippen LogP contribution in [0.15, 0.2) is 0 Å². The van der Waals surface area contributed by atoms with Gasteiger partial charge >= 0.3 is 0 Å². The van der Waals surface area contributed by atoms with E-state index in [4.69, 9.17) is 4.74 Å². The fraction of sp³-hybridized carbons (Fsp3) is 1.00. The van der Waals surface area contributed by atoms with Crippen LogP contribution in [0.5, 0.6) is 0 Å². The number of ether oxygens (including phenoxy) is 1. The molecule has 0 aliphatic carbocycles. The van der Waals surface area contributed by atoms with Gasteiger partial charge in [-0.15, -0.1) is 0 Å². The Morgan fingerprint density at radius 1 is 1.00 bits per heavy atom. The lowest BCUT2D eigenvalue weighted by Crippen LogP contribution is -2.27. The molecule has 0 rings (SSSR count). The molecule has 0 spiro atoms. The lowest BCUT2D eigenvalue weighted by molar-refractivity contribution is 0.0164. The summed E-state index contributed by atoms with van der Waals surface area (Å²) in [6.45, 7) is 11.3. The highest BCUT2D eigenvalue weighted by molar-refractivity contribution is 4.70. The Labute approximate surface area is 77.5 Å². The van der Waals surface area contributed by atoms with Crippen LogP contribution in [0.3, 0.4) is 0 Å². The zero-order valence-corrected chi connectivity index (χ0v) is 9.42. The molecule has 0 aliphatic rings. The summed E-state index contributed by atoms with van der Waals surface area (Å²) in [6.07, 6.45) is 1.68. The standard InChI is InChI=1S/C11H24O/c1-8(2)7-10(5)11(12-6)9(3)4/h8-11H,7H2,1-6H3/t10-,11-/m1/s1. The van der Waals surface area contributed by atoms with Gasteiger partial charge in [-0.05, 0) is 24.2 Å². The second-order valence-corrected chi connectivity index (χ2v) is 4.55. The Balaban J connectivity index is 3.94. The van der Waals surface area contributed by atoms with E-state index in [0.29, 0.717) is 17.9 Å². The molecule has 0 unspecified atom stereocenters. The molecule has 12 heavy (non-hydrogen) atoms. The average molecular weight is 172 g/mol. The Bertz CT molecular complexity index is 108. The lowest BCUT2D eigenvalue weighted by Gasteiger charge is -2.27. The van der Waals surface area contributed by atoms with Crippen LogP contribution >= 0.6 is 0 Å². The van der Waals surface area contributed by atoms with Crippen LogP contribution < -0.4 is 0 Å². The number of hydrogen-bond donors (Lipinski definition) is 0. The quantitative estimate of drug-likeness (QED) is 0.618. The third-order valence-electron chi connectivity index (χ3n) is 2.33. The van der Waals surface area contributed by atoms with E-state index in [9.17, 15) is 0 Å². The van der Waals surface area contributed by atoms with Gasteiger partial charge in [0.1, 0.15) is 0 Å². The molecule has 2 atom stereocenters. The van der Waals surface area contributed by atoms with Crippen LogP contribution in [0.2, 0.25) is 0 Å². The van der Waals surface area contributed by atoms with Gasteiger partial charge in [-0.1, -0.05) is 34.6 Å². The van der Waals surface area contributed by atoms with E-state index in [1.54, 1.807) is 0 Å². The SMILES string of the molecule is CO[C@H](C(C)C)[C@H](C)CC(C)C. The van der Waals surface area contributed by atoms with Crippen molar-refractivity contribution in [1.29, 1.82) is 0 Å². The van der Waals surface area contributed by atoms with E-state index in [2.05, 4.69) is 34.6 Å². The summed E-state index contributed by atoms with van der Waals surface area (Å²) in [5.41, 5.74) is 0. The van der Waals surface area contributed by atoms with E-state index in [1.807, 2.05) is 7.11 Å². The summed E-state index contributed by atoms with van der Waals surface area (Å²) >= 11 is 0. The molecule has 0 aliphatic heterocycles. The fourth-order valence-corrected chi connectivity index (χ4v) is 2.04. The van der Waals surface area contributed by atoms with E-state index < -0.39 is 0 Å². The van der Waals surface area contributed by atoms with Crippen molar-refractivity contribution >= 4 is 0 Å². The van der Waals surface area contributed by atoms with Gasteiger partial charge in [-0.25, -0.2) is 0 Å². The average Bonchev–Trinajstić information content (AvgIpc) is 1.85. The summed E-state index contributed by atoms with van der Waals surface area (Å²) in [6, 6.07) is 0. The second-order valence-electron chi connectivity index (χ2n) is 4.55. The monoisotopic (exact) mass is 172 g/mol. The molecule has 0 fully saturated rings. The summed E-state index contributed by atoms with van der Waals surface area (Å²) in [7, 11) is 1.82. The summed E-state index contributed by atoms with van der Waals surface area (Å²) in [5, 5.41) is 0. The van der Waals surface area contributed by atoms with Crippen molar-refractivity contribution in [2.75, 3.05) is 7.11 Å². The molecule has 0 aromatic heterocycles. The third kappa shape index (κ3) is 4.10. The van der Waals surface area contributed by atoms with Gasteiger partial charge in [-0.3, -0.25) is 0 Å². The molecule has 0 aromatic rings. The predicted octanol–water partition coefficient (Wildman–Crippen LogP) is 3.34. The molecule has 0 radical (unpaired) electrons. The molecular formula is C11H24O. The Morgan fingerprint density at radius 2 is 1.50 bits per heavy atom. The topological polar surface area (TPSA) is 9.23 Å². The maximum Gasteiger partial charge on any atom is 0.0619 e. The van der Waals surface area contributed by atoms with Crippen molar-refractivity contribution in [2.24, 2.45) is 17.8 Å². The molecule has 1 nitrogen and oxygen atoms in total. The highest BCUT2D eigenvalue weighted by atomic mass is 16.5. The summed E-state index contributed by atoms with van der Waals surface area (Å²) in [5.74, 6) is 2.08. The van der Waals surface area contributed by atoms with Crippen LogP contribution in [-0.4, -0.2) is 13.2 Å². The maximum atomic E-state index is 5.47. The molecule has 0 aromatic carbocycles. The molecule has 1 heteroatoms. The largest absolute Gasteiger partial charge is 0.381 e. The third-order valence-corrected chi connectivity index (χ3v) is 2.33. The van der Waals surface area contributed by atoms with Gasteiger partial charge in [0.2, 0.25) is 0 Å². The second kappa shape index (κ2) is 5.58. The molecule has 0 amide bonds. The summed E-state index contributed by atoms with van der Waals surface area (Å²) < 4.78 is 5.47. The molecule has 0 bridgehead atoms. The van der Waals surface area contributed by atoms with E-state index in [-0.39, 0.29) is 0 Å². The van der Waals surface area contributed by atoms with Gasteiger partial charge in [0.25, 0.3) is 0 Å². The van der Waals surface area contributed by atoms with Gasteiger partial charge in [0, 0.05) is 7.11 Å². The van der Waals surface area contributed by atoms with Gasteiger partial charge < -0.3 is 4.74 Å². The predicted molar refractivity (Wildman–Crippen MR) is 54.3 cm³/mol. The fourth-order valence-electron chi connectivity index (χ4n) is 2.04. The molecular weight excluding hydrogens is 148 g/mol. The van der Waals surface area contributed by atoms with Crippen molar-refractivity contribution < 1.29 is 4.74 Å². The van der Waals surface area contributed by atoms with Crippen LogP contribution in [0.1, 0.15) is 41.0 Å². The van der Waals surface area contributed by atoms with E-state index in [1.165, 1.54) is 6.42 Å². The molecule has 74 valence electrons. The van der Waals surface area contributed by atoms with Gasteiger partial charge in [-0.2, -0.15) is 0 Å². The van der Waals surface area contributed by atoms with Crippen molar-refractivity contribution in [3.8, 4) is 0 Å². The highest BCUT2D eigenvalue weighted by Gasteiger charge is 2.20. The van der Waals surface area contributed by atoms with Crippen LogP contribution in [0.4, 0.5) is 0 Å². The van der Waals surface area contributed by atoms with E-state index >= 15 is 0 Å². The molecule has 0 heterocycles. The first-order valence-corrected chi connectivity index (χ1v) is 5.01. The normalized spacial score (nSPS) is 17.0. The molecule has 0 N–H and O–H groups in total. The number of rotatable bonds is 5. The highest BCUT2D eigenvalue weighted by Crippen LogP contribution is 2.22. The van der Waals surface area contributed by atoms with Crippen molar-refractivity contribution in [1.82, 2.24) is 0 Å².